The number of rotatable bonds is 3. The number of nitrogens with zero attached hydrogens (tertiary/aromatic N) is 3. The molecule has 1 aromatic carbocycles. The van der Waals surface area contributed by atoms with Crippen LogP contribution in [0, 0.1) is 0 Å². The van der Waals surface area contributed by atoms with Crippen LogP contribution in [-0.4, -0.2) is 25.0 Å². The van der Waals surface area contributed by atoms with E-state index in [9.17, 15) is 27.6 Å². The molecule has 0 atom stereocenters. The Kier molecular flexibility index (Phi) is 4.56. The predicted molar refractivity (Wildman–Crippen MR) is 90.7 cm³/mol. The summed E-state index contributed by atoms with van der Waals surface area (Å²) in [5.41, 5.74) is -2.56. The summed E-state index contributed by atoms with van der Waals surface area (Å²) < 4.78 is 40.7. The van der Waals surface area contributed by atoms with Crippen LogP contribution in [0.25, 0.3) is 11.2 Å². The number of alkyl halides is 3. The second-order valence-corrected chi connectivity index (χ2v) is 6.01. The number of carbonyl (C=O) groups is 1. The monoisotopic (exact) mass is 401 g/mol. The van der Waals surface area contributed by atoms with Gasteiger partial charge in [0, 0.05) is 7.05 Å². The first-order valence-electron chi connectivity index (χ1n) is 7.38. The number of halogens is 4. The lowest BCUT2D eigenvalue weighted by Gasteiger charge is -2.12. The Morgan fingerprint density at radius 2 is 2.04 bits per heavy atom. The molecule has 8 nitrogen and oxygen atoms in total. The van der Waals surface area contributed by atoms with Gasteiger partial charge in [0.05, 0.1) is 22.6 Å². The molecule has 0 aliphatic rings. The van der Waals surface area contributed by atoms with E-state index in [0.29, 0.717) is 6.07 Å². The fraction of sp³-hybridized carbons (Fsp3) is 0.200. The number of imidazole rings is 1. The highest BCUT2D eigenvalue weighted by molar-refractivity contribution is 6.33. The molecule has 3 aromatic rings. The molecule has 0 radical (unpaired) electrons. The number of benzene rings is 1. The molecule has 0 unspecified atom stereocenters. The van der Waals surface area contributed by atoms with Gasteiger partial charge in [-0.3, -0.25) is 19.1 Å². The highest BCUT2D eigenvalue weighted by atomic mass is 35.5. The fourth-order valence-electron chi connectivity index (χ4n) is 2.45. The van der Waals surface area contributed by atoms with Crippen molar-refractivity contribution >= 4 is 34.4 Å². The number of carbonyl (C=O) groups excluding carboxylic acids is 1. The van der Waals surface area contributed by atoms with Gasteiger partial charge in [0.25, 0.3) is 5.56 Å². The molecule has 2 heterocycles. The lowest BCUT2D eigenvalue weighted by atomic mass is 10.2. The van der Waals surface area contributed by atoms with Crippen LogP contribution in [0.2, 0.25) is 5.02 Å². The van der Waals surface area contributed by atoms with Crippen molar-refractivity contribution in [2.24, 2.45) is 7.05 Å². The zero-order chi connectivity index (χ0) is 19.9. The largest absolute Gasteiger partial charge is 0.416 e. The molecule has 0 fully saturated rings. The van der Waals surface area contributed by atoms with Gasteiger partial charge in [-0.15, -0.1) is 0 Å². The van der Waals surface area contributed by atoms with Crippen molar-refractivity contribution in [3.63, 3.8) is 0 Å². The molecular formula is C15H11ClF3N5O3. The number of H-pyrrole nitrogens is 1. The number of hydrogen-bond donors (Lipinski definition) is 2. The van der Waals surface area contributed by atoms with Gasteiger partial charge in [-0.05, 0) is 18.2 Å². The molecule has 2 N–H and O–H groups in total. The third-order valence-corrected chi connectivity index (χ3v) is 4.09. The van der Waals surface area contributed by atoms with Crippen molar-refractivity contribution < 1.29 is 18.0 Å². The van der Waals surface area contributed by atoms with Gasteiger partial charge >= 0.3 is 11.9 Å². The van der Waals surface area contributed by atoms with Crippen LogP contribution in [0.15, 0.2) is 34.1 Å². The van der Waals surface area contributed by atoms with Gasteiger partial charge in [-0.1, -0.05) is 11.6 Å². The first-order valence-corrected chi connectivity index (χ1v) is 7.76. The van der Waals surface area contributed by atoms with Crippen LogP contribution in [0.3, 0.4) is 0 Å². The Labute approximate surface area is 153 Å². The van der Waals surface area contributed by atoms with Crippen molar-refractivity contribution in [3.8, 4) is 0 Å². The number of aryl methyl sites for hydroxylation is 1. The van der Waals surface area contributed by atoms with Gasteiger partial charge < -0.3 is 9.88 Å². The number of nitrogens with one attached hydrogen (secondary N) is 2. The van der Waals surface area contributed by atoms with Crippen molar-refractivity contribution in [2.45, 2.75) is 12.7 Å². The molecule has 0 spiro atoms. The molecule has 1 amide bonds. The molecular weight excluding hydrogens is 391 g/mol. The van der Waals surface area contributed by atoms with Crippen LogP contribution in [-0.2, 0) is 24.6 Å². The van der Waals surface area contributed by atoms with E-state index < -0.39 is 35.4 Å². The Hall–Kier alpha value is -3.08. The Balaban J connectivity index is 1.90. The summed E-state index contributed by atoms with van der Waals surface area (Å²) in [6.07, 6.45) is -3.42. The molecule has 2 aromatic heterocycles. The first kappa shape index (κ1) is 18.7. The molecule has 3 rings (SSSR count). The number of hydrogen-bond acceptors (Lipinski definition) is 4. The molecule has 142 valence electrons. The number of fused-ring (bicyclic) bond motifs is 1. The molecule has 0 saturated carbocycles. The van der Waals surface area contributed by atoms with E-state index in [1.165, 1.54) is 17.9 Å². The second-order valence-electron chi connectivity index (χ2n) is 5.60. The maximum absolute atomic E-state index is 12.8. The second kappa shape index (κ2) is 6.58. The minimum absolute atomic E-state index is 0.0256. The normalized spacial score (nSPS) is 11.7. The Morgan fingerprint density at radius 1 is 1.33 bits per heavy atom. The topological polar surface area (TPSA) is 102 Å². The maximum atomic E-state index is 12.8. The van der Waals surface area contributed by atoms with E-state index in [1.54, 1.807) is 0 Å². The van der Waals surface area contributed by atoms with Crippen molar-refractivity contribution in [2.75, 3.05) is 5.32 Å². The van der Waals surface area contributed by atoms with Crippen molar-refractivity contribution in [3.05, 3.63) is 56.0 Å². The van der Waals surface area contributed by atoms with E-state index in [1.807, 2.05) is 0 Å². The highest BCUT2D eigenvalue weighted by Gasteiger charge is 2.31. The zero-order valence-corrected chi connectivity index (χ0v) is 14.4. The SMILES string of the molecule is Cn1c(=O)[nH]c(=O)c2c1ncn2CC(=O)Nc1cc(C(F)(F)F)ccc1Cl. The predicted octanol–water partition coefficient (Wildman–Crippen LogP) is 1.73. The standard InChI is InChI=1S/C15H11ClF3N5O3/c1-23-12-11(13(26)22-14(23)27)24(6-20-12)5-10(25)21-9-4-7(15(17,18)19)2-3-8(9)16/h2-4,6H,5H2,1H3,(H,21,25)(H,22,26,27). The molecule has 12 heteroatoms. The molecule has 0 bridgehead atoms. The van der Waals surface area contributed by atoms with Crippen molar-refractivity contribution in [1.29, 1.82) is 0 Å². The minimum atomic E-state index is -4.59. The average molecular weight is 402 g/mol. The maximum Gasteiger partial charge on any atom is 0.416 e. The molecule has 0 saturated heterocycles. The van der Waals surface area contributed by atoms with Gasteiger partial charge in [-0.2, -0.15) is 13.2 Å². The van der Waals surface area contributed by atoms with Crippen molar-refractivity contribution in [1.82, 2.24) is 19.1 Å². The summed E-state index contributed by atoms with van der Waals surface area (Å²) in [6.45, 7) is -0.426. The number of aromatic amines is 1. The highest BCUT2D eigenvalue weighted by Crippen LogP contribution is 2.33. The average Bonchev–Trinajstić information content (AvgIpc) is 2.98. The molecule has 0 aliphatic carbocycles. The Bertz CT molecular complexity index is 1160. The number of aromatic nitrogens is 4. The third-order valence-electron chi connectivity index (χ3n) is 3.76. The van der Waals surface area contributed by atoms with Crippen LogP contribution >= 0.6 is 11.6 Å². The summed E-state index contributed by atoms with van der Waals surface area (Å²) in [5, 5.41) is 2.19. The van der Waals surface area contributed by atoms with Crippen LogP contribution in [0.5, 0.6) is 0 Å². The number of anilines is 1. The minimum Gasteiger partial charge on any atom is -0.323 e. The summed E-state index contributed by atoms with van der Waals surface area (Å²) >= 11 is 5.84. The van der Waals surface area contributed by atoms with Crippen LogP contribution in [0.4, 0.5) is 18.9 Å². The van der Waals surface area contributed by atoms with E-state index in [0.717, 1.165) is 16.7 Å². The van der Waals surface area contributed by atoms with Gasteiger partial charge in [0.15, 0.2) is 11.2 Å². The fourth-order valence-corrected chi connectivity index (χ4v) is 2.61. The van der Waals surface area contributed by atoms with Crippen LogP contribution in [0.1, 0.15) is 5.56 Å². The molecule has 0 aliphatic heterocycles. The van der Waals surface area contributed by atoms with Gasteiger partial charge in [0.1, 0.15) is 6.54 Å². The summed E-state index contributed by atoms with van der Waals surface area (Å²) in [5.74, 6) is -0.733. The lowest BCUT2D eigenvalue weighted by Crippen LogP contribution is -2.30. The van der Waals surface area contributed by atoms with E-state index in [2.05, 4.69) is 15.3 Å². The summed E-state index contributed by atoms with van der Waals surface area (Å²) in [6, 6.07) is 2.53. The smallest absolute Gasteiger partial charge is 0.323 e. The number of amides is 1. The van der Waals surface area contributed by atoms with E-state index >= 15 is 0 Å². The Morgan fingerprint density at radius 3 is 2.70 bits per heavy atom. The summed E-state index contributed by atoms with van der Waals surface area (Å²) in [4.78, 5) is 41.7. The van der Waals surface area contributed by atoms with Gasteiger partial charge in [0.2, 0.25) is 5.91 Å². The quantitative estimate of drug-likeness (QED) is 0.697. The zero-order valence-electron chi connectivity index (χ0n) is 13.6. The first-order chi connectivity index (χ1) is 12.6. The van der Waals surface area contributed by atoms with Gasteiger partial charge in [-0.25, -0.2) is 9.78 Å². The van der Waals surface area contributed by atoms with E-state index in [-0.39, 0.29) is 21.9 Å². The van der Waals surface area contributed by atoms with Crippen LogP contribution < -0.4 is 16.6 Å². The van der Waals surface area contributed by atoms with E-state index in [4.69, 9.17) is 11.6 Å². The molecule has 27 heavy (non-hydrogen) atoms. The third kappa shape index (κ3) is 3.58. The summed E-state index contributed by atoms with van der Waals surface area (Å²) in [7, 11) is 1.39. The lowest BCUT2D eigenvalue weighted by molar-refractivity contribution is -0.137.